The zero-order valence-electron chi connectivity index (χ0n) is 28.2. The van der Waals surface area contributed by atoms with Gasteiger partial charge in [0.25, 0.3) is 11.8 Å². The first-order valence-electron chi connectivity index (χ1n) is 16.1. The van der Waals surface area contributed by atoms with Crippen LogP contribution in [0, 0.1) is 0 Å². The molecule has 0 aliphatic carbocycles. The highest BCUT2D eigenvalue weighted by molar-refractivity contribution is 6.13. The molecule has 1 aliphatic heterocycles. The van der Waals surface area contributed by atoms with Crippen LogP contribution in [0.3, 0.4) is 0 Å². The number of rotatable bonds is 10. The number of furan rings is 1. The van der Waals surface area contributed by atoms with E-state index in [0.29, 0.717) is 52.9 Å². The highest BCUT2D eigenvalue weighted by Crippen LogP contribution is 2.41. The number of carbonyl (C=O) groups excluding carboxylic acids is 2. The number of amides is 2. The first-order chi connectivity index (χ1) is 24.4. The lowest BCUT2D eigenvalue weighted by molar-refractivity contribution is 0.102. The first kappa shape index (κ1) is 32.5. The van der Waals surface area contributed by atoms with Crippen LogP contribution in [-0.4, -0.2) is 56.7 Å². The van der Waals surface area contributed by atoms with Crippen LogP contribution in [0.25, 0.3) is 21.9 Å². The molecule has 3 heterocycles. The van der Waals surface area contributed by atoms with Crippen molar-refractivity contribution in [3.63, 3.8) is 0 Å². The maximum Gasteiger partial charge on any atom is 0.257 e. The molecule has 0 atom stereocenters. The van der Waals surface area contributed by atoms with Gasteiger partial charge >= 0.3 is 0 Å². The zero-order chi connectivity index (χ0) is 34.8. The Labute approximate surface area is 288 Å². The summed E-state index contributed by atoms with van der Waals surface area (Å²) in [6.45, 7) is 2.25. The largest absolute Gasteiger partial charge is 0.493 e. The van der Waals surface area contributed by atoms with Crippen molar-refractivity contribution in [1.82, 2.24) is 9.88 Å². The second-order valence-corrected chi connectivity index (χ2v) is 11.9. The molecular weight excluding hydrogens is 636 g/mol. The molecule has 0 saturated heterocycles. The van der Waals surface area contributed by atoms with E-state index in [1.54, 1.807) is 32.4 Å². The van der Waals surface area contributed by atoms with Crippen molar-refractivity contribution in [2.75, 3.05) is 45.6 Å². The van der Waals surface area contributed by atoms with Crippen LogP contribution in [0.5, 0.6) is 23.0 Å². The number of nitrogens with zero attached hydrogens (tertiary/aromatic N) is 2. The lowest BCUT2D eigenvalue weighted by Gasteiger charge is -2.26. The number of methoxy groups -OCH3 is 4. The van der Waals surface area contributed by atoms with Crippen LogP contribution in [-0.2, 0) is 19.5 Å². The Hall–Kier alpha value is -6.07. The summed E-state index contributed by atoms with van der Waals surface area (Å²) in [5.74, 6) is 2.05. The molecular formula is C39H36N4O7. The molecule has 11 nitrogen and oxygen atoms in total. The van der Waals surface area contributed by atoms with Crippen molar-refractivity contribution < 1.29 is 33.0 Å². The Kier molecular flexibility index (Phi) is 8.97. The summed E-state index contributed by atoms with van der Waals surface area (Å²) < 4.78 is 28.3. The first-order valence-corrected chi connectivity index (χ1v) is 16.1. The number of fused-ring (bicyclic) bond motifs is 4. The fourth-order valence-electron chi connectivity index (χ4n) is 6.37. The normalized spacial score (nSPS) is 12.7. The Morgan fingerprint density at radius 1 is 0.820 bits per heavy atom. The quantitative estimate of drug-likeness (QED) is 0.157. The van der Waals surface area contributed by atoms with E-state index in [0.717, 1.165) is 40.6 Å². The molecule has 0 saturated carbocycles. The van der Waals surface area contributed by atoms with Crippen LogP contribution in [0.15, 0.2) is 89.5 Å². The van der Waals surface area contributed by atoms with Gasteiger partial charge in [-0.05, 0) is 54.4 Å². The van der Waals surface area contributed by atoms with Crippen LogP contribution < -0.4 is 29.6 Å². The number of nitrogens with one attached hydrogen (secondary N) is 2. The number of hydrogen-bond acceptors (Lipinski definition) is 9. The number of pyridine rings is 1. The van der Waals surface area contributed by atoms with Crippen molar-refractivity contribution in [1.29, 1.82) is 0 Å². The van der Waals surface area contributed by atoms with Crippen LogP contribution >= 0.6 is 0 Å². The van der Waals surface area contributed by atoms with Gasteiger partial charge < -0.3 is 34.0 Å². The molecule has 7 rings (SSSR count). The van der Waals surface area contributed by atoms with Crippen LogP contribution in [0.4, 0.5) is 11.4 Å². The minimum Gasteiger partial charge on any atom is -0.493 e. The third-order valence-electron chi connectivity index (χ3n) is 8.92. The van der Waals surface area contributed by atoms with Crippen molar-refractivity contribution in [2.24, 2.45) is 0 Å². The van der Waals surface area contributed by atoms with E-state index in [1.807, 2.05) is 60.7 Å². The number of carbonyl (C=O) groups is 2. The fraction of sp³-hybridized carbons (Fsp3) is 0.205. The molecule has 2 aromatic heterocycles. The Morgan fingerprint density at radius 2 is 1.58 bits per heavy atom. The van der Waals surface area contributed by atoms with E-state index in [1.165, 1.54) is 26.0 Å². The number of benzene rings is 4. The molecule has 0 bridgehead atoms. The maximum absolute atomic E-state index is 13.7. The molecule has 0 radical (unpaired) electrons. The summed E-state index contributed by atoms with van der Waals surface area (Å²) in [6.07, 6.45) is 2.36. The number of hydrogen-bond donors (Lipinski definition) is 2. The molecule has 254 valence electrons. The van der Waals surface area contributed by atoms with Crippen LogP contribution in [0.2, 0.25) is 0 Å². The van der Waals surface area contributed by atoms with Gasteiger partial charge in [0.15, 0.2) is 22.8 Å². The summed E-state index contributed by atoms with van der Waals surface area (Å²) >= 11 is 0. The van der Waals surface area contributed by atoms with E-state index in [-0.39, 0.29) is 11.3 Å². The summed E-state index contributed by atoms with van der Waals surface area (Å²) in [6, 6.07) is 24.1. The standard InChI is InChI=1S/C39H36N4O7/c1-46-32-14-13-28-27-15-16-43(22-35(27)50-36(28)37(32)49-4)21-23-9-11-26(12-10-23)41-39(45)29-18-33(47-2)34(48-3)19-31(29)42-38(44)25-17-24-7-5-6-8-30(24)40-20-25/h5-14,17-20H,15-16,21-22H2,1-4H3,(H,41,45)(H,42,44). The number of aromatic nitrogens is 1. The van der Waals surface area contributed by atoms with Crippen LogP contribution in [0.1, 0.15) is 37.6 Å². The average Bonchev–Trinajstić information content (AvgIpc) is 3.52. The summed E-state index contributed by atoms with van der Waals surface area (Å²) in [5, 5.41) is 7.70. The predicted octanol–water partition coefficient (Wildman–Crippen LogP) is 7.08. The highest BCUT2D eigenvalue weighted by Gasteiger charge is 2.26. The second kappa shape index (κ2) is 13.8. The molecule has 6 aromatic rings. The molecule has 0 unspecified atom stereocenters. The van der Waals surface area contributed by atoms with E-state index in [4.69, 9.17) is 23.4 Å². The van der Waals surface area contributed by atoms with Gasteiger partial charge in [0.1, 0.15) is 5.76 Å². The van der Waals surface area contributed by atoms with Crippen molar-refractivity contribution in [2.45, 2.75) is 19.5 Å². The maximum atomic E-state index is 13.7. The van der Waals surface area contributed by atoms with Gasteiger partial charge in [0.05, 0.1) is 57.3 Å². The van der Waals surface area contributed by atoms with Gasteiger partial charge in [0, 0.05) is 47.4 Å². The molecule has 0 spiro atoms. The molecule has 0 fully saturated rings. The Bertz CT molecular complexity index is 2230. The average molecular weight is 673 g/mol. The third kappa shape index (κ3) is 6.26. The van der Waals surface area contributed by atoms with E-state index < -0.39 is 11.8 Å². The Morgan fingerprint density at radius 3 is 2.34 bits per heavy atom. The fourth-order valence-corrected chi connectivity index (χ4v) is 6.37. The van der Waals surface area contributed by atoms with Gasteiger partial charge in [-0.25, -0.2) is 0 Å². The van der Waals surface area contributed by atoms with Gasteiger partial charge in [0.2, 0.25) is 5.75 Å². The van der Waals surface area contributed by atoms with Crippen molar-refractivity contribution >= 4 is 45.1 Å². The van der Waals surface area contributed by atoms with E-state index in [9.17, 15) is 9.59 Å². The monoisotopic (exact) mass is 672 g/mol. The minimum absolute atomic E-state index is 0.207. The van der Waals surface area contributed by atoms with E-state index in [2.05, 4.69) is 20.5 Å². The zero-order valence-corrected chi connectivity index (χ0v) is 28.2. The van der Waals surface area contributed by atoms with Gasteiger partial charge in [-0.1, -0.05) is 30.3 Å². The second-order valence-electron chi connectivity index (χ2n) is 11.9. The highest BCUT2D eigenvalue weighted by atomic mass is 16.5. The van der Waals surface area contributed by atoms with Gasteiger partial charge in [-0.2, -0.15) is 0 Å². The smallest absolute Gasteiger partial charge is 0.257 e. The SMILES string of the molecule is COc1cc(NC(=O)c2cnc3ccccc3c2)c(C(=O)Nc2ccc(CN3CCc4c(oc5c(OC)c(OC)ccc45)C3)cc2)cc1OC. The van der Waals surface area contributed by atoms with Crippen molar-refractivity contribution in [3.05, 3.63) is 113 Å². The molecule has 11 heteroatoms. The minimum atomic E-state index is -0.425. The third-order valence-corrected chi connectivity index (χ3v) is 8.92. The number of ether oxygens (including phenoxy) is 4. The number of para-hydroxylation sites is 1. The van der Waals surface area contributed by atoms with Crippen molar-refractivity contribution in [3.8, 4) is 23.0 Å². The summed E-state index contributed by atoms with van der Waals surface area (Å²) in [4.78, 5) is 33.7. The molecule has 2 N–H and O–H groups in total. The topological polar surface area (TPSA) is 124 Å². The molecule has 1 aliphatic rings. The molecule has 4 aromatic carbocycles. The molecule has 2 amide bonds. The Balaban J connectivity index is 1.06. The lowest BCUT2D eigenvalue weighted by atomic mass is 10.0. The summed E-state index contributed by atoms with van der Waals surface area (Å²) in [7, 11) is 6.21. The predicted molar refractivity (Wildman–Crippen MR) is 191 cm³/mol. The van der Waals surface area contributed by atoms with Gasteiger partial charge in [-0.3, -0.25) is 19.5 Å². The lowest BCUT2D eigenvalue weighted by Crippen LogP contribution is -2.29. The van der Waals surface area contributed by atoms with Gasteiger partial charge in [-0.15, -0.1) is 0 Å². The summed E-state index contributed by atoms with van der Waals surface area (Å²) in [5.41, 5.74) is 5.20. The number of anilines is 2. The van der Waals surface area contributed by atoms with E-state index >= 15 is 0 Å². The molecule has 50 heavy (non-hydrogen) atoms.